The standard InChI is InChI=1S/C15H21BrF2N2O/c1-11(20-6-2-3-7-20)9-19-10-12-8-13(16)4-5-14(12)21-15(17)18/h4-5,8,11,15,19H,2-3,6-7,9-10H2,1H3. The van der Waals surface area contributed by atoms with Gasteiger partial charge in [-0.25, -0.2) is 0 Å². The molecule has 1 fully saturated rings. The van der Waals surface area contributed by atoms with Crippen molar-refractivity contribution in [1.82, 2.24) is 10.2 Å². The SMILES string of the molecule is CC(CNCc1cc(Br)ccc1OC(F)F)N1CCCC1. The summed E-state index contributed by atoms with van der Waals surface area (Å²) in [5.74, 6) is 0.231. The van der Waals surface area contributed by atoms with Crippen LogP contribution in [0.15, 0.2) is 22.7 Å². The summed E-state index contributed by atoms with van der Waals surface area (Å²) in [6.45, 7) is 3.04. The Morgan fingerprint density at radius 3 is 2.71 bits per heavy atom. The van der Waals surface area contributed by atoms with Gasteiger partial charge in [-0.1, -0.05) is 15.9 Å². The second-order valence-electron chi connectivity index (χ2n) is 5.35. The van der Waals surface area contributed by atoms with Gasteiger partial charge in [0.1, 0.15) is 5.75 Å². The third kappa shape index (κ3) is 5.20. The lowest BCUT2D eigenvalue weighted by Crippen LogP contribution is -2.38. The molecule has 0 bridgehead atoms. The number of halogens is 3. The van der Waals surface area contributed by atoms with E-state index in [1.807, 2.05) is 6.07 Å². The highest BCUT2D eigenvalue weighted by molar-refractivity contribution is 9.10. The first-order valence-electron chi connectivity index (χ1n) is 7.24. The van der Waals surface area contributed by atoms with Crippen LogP contribution in [0.2, 0.25) is 0 Å². The molecule has 1 atom stereocenters. The van der Waals surface area contributed by atoms with E-state index in [1.165, 1.54) is 12.8 Å². The molecule has 1 unspecified atom stereocenters. The fourth-order valence-electron chi connectivity index (χ4n) is 2.62. The largest absolute Gasteiger partial charge is 0.434 e. The van der Waals surface area contributed by atoms with Gasteiger partial charge in [-0.3, -0.25) is 4.90 Å². The lowest BCUT2D eigenvalue weighted by Gasteiger charge is -2.24. The van der Waals surface area contributed by atoms with E-state index in [0.29, 0.717) is 12.6 Å². The maximum atomic E-state index is 12.4. The molecule has 3 nitrogen and oxygen atoms in total. The summed E-state index contributed by atoms with van der Waals surface area (Å²) in [6.07, 6.45) is 2.53. The molecule has 0 spiro atoms. The number of alkyl halides is 2. The van der Waals surface area contributed by atoms with Gasteiger partial charge in [0.2, 0.25) is 0 Å². The molecule has 6 heteroatoms. The smallest absolute Gasteiger partial charge is 0.387 e. The molecule has 0 radical (unpaired) electrons. The summed E-state index contributed by atoms with van der Waals surface area (Å²) < 4.78 is 30.2. The van der Waals surface area contributed by atoms with Crippen LogP contribution in [-0.2, 0) is 6.54 Å². The molecule has 1 N–H and O–H groups in total. The summed E-state index contributed by atoms with van der Waals surface area (Å²) >= 11 is 3.36. The van der Waals surface area contributed by atoms with E-state index in [9.17, 15) is 8.78 Å². The normalized spacial score (nSPS) is 17.4. The second-order valence-corrected chi connectivity index (χ2v) is 6.27. The summed E-state index contributed by atoms with van der Waals surface area (Å²) in [6, 6.07) is 5.54. The van der Waals surface area contributed by atoms with E-state index in [4.69, 9.17) is 0 Å². The van der Waals surface area contributed by atoms with Gasteiger partial charge in [-0.15, -0.1) is 0 Å². The molecule has 1 aliphatic heterocycles. The zero-order chi connectivity index (χ0) is 15.2. The number of hydrogen-bond acceptors (Lipinski definition) is 3. The second kappa shape index (κ2) is 8.06. The molecule has 21 heavy (non-hydrogen) atoms. The van der Waals surface area contributed by atoms with Gasteiger partial charge in [0, 0.05) is 29.2 Å². The Kier molecular flexibility index (Phi) is 6.39. The van der Waals surface area contributed by atoms with E-state index >= 15 is 0 Å². The van der Waals surface area contributed by atoms with Crippen molar-refractivity contribution in [3.05, 3.63) is 28.2 Å². The minimum absolute atomic E-state index is 0.231. The predicted octanol–water partition coefficient (Wildman–Crippen LogP) is 3.62. The van der Waals surface area contributed by atoms with Crippen LogP contribution < -0.4 is 10.1 Å². The first-order chi connectivity index (χ1) is 10.1. The van der Waals surface area contributed by atoms with Crippen LogP contribution in [-0.4, -0.2) is 37.2 Å². The lowest BCUT2D eigenvalue weighted by molar-refractivity contribution is -0.0505. The highest BCUT2D eigenvalue weighted by atomic mass is 79.9. The van der Waals surface area contributed by atoms with Crippen molar-refractivity contribution in [1.29, 1.82) is 0 Å². The van der Waals surface area contributed by atoms with Crippen molar-refractivity contribution >= 4 is 15.9 Å². The fraction of sp³-hybridized carbons (Fsp3) is 0.600. The third-order valence-electron chi connectivity index (χ3n) is 3.76. The zero-order valence-corrected chi connectivity index (χ0v) is 13.7. The van der Waals surface area contributed by atoms with Gasteiger partial charge >= 0.3 is 6.61 Å². The van der Waals surface area contributed by atoms with E-state index < -0.39 is 6.61 Å². The molecule has 1 aliphatic rings. The van der Waals surface area contributed by atoms with Crippen LogP contribution in [0.1, 0.15) is 25.3 Å². The van der Waals surface area contributed by atoms with Gasteiger partial charge in [-0.05, 0) is 51.1 Å². The van der Waals surface area contributed by atoms with Gasteiger partial charge in [-0.2, -0.15) is 8.78 Å². The van der Waals surface area contributed by atoms with Crippen LogP contribution in [0.4, 0.5) is 8.78 Å². The number of ether oxygens (including phenoxy) is 1. The van der Waals surface area contributed by atoms with Crippen LogP contribution in [0.25, 0.3) is 0 Å². The van der Waals surface area contributed by atoms with Crippen LogP contribution in [0, 0.1) is 0 Å². The van der Waals surface area contributed by atoms with E-state index in [-0.39, 0.29) is 5.75 Å². The molecular formula is C15H21BrF2N2O. The van der Waals surface area contributed by atoms with E-state index in [0.717, 1.165) is 29.7 Å². The average molecular weight is 363 g/mol. The first-order valence-corrected chi connectivity index (χ1v) is 8.03. The number of likely N-dealkylation sites (tertiary alicyclic amines) is 1. The number of hydrogen-bond donors (Lipinski definition) is 1. The molecule has 118 valence electrons. The molecule has 1 aromatic carbocycles. The molecule has 0 aromatic heterocycles. The van der Waals surface area contributed by atoms with Crippen molar-refractivity contribution in [2.45, 2.75) is 39.0 Å². The Morgan fingerprint density at radius 1 is 1.33 bits per heavy atom. The lowest BCUT2D eigenvalue weighted by atomic mass is 10.2. The van der Waals surface area contributed by atoms with Crippen LogP contribution >= 0.6 is 15.9 Å². The predicted molar refractivity (Wildman–Crippen MR) is 82.7 cm³/mol. The minimum Gasteiger partial charge on any atom is -0.434 e. The summed E-state index contributed by atoms with van der Waals surface area (Å²) in [4.78, 5) is 2.45. The number of rotatable bonds is 7. The molecular weight excluding hydrogens is 342 g/mol. The Labute approximate surface area is 132 Å². The molecule has 0 aliphatic carbocycles. The van der Waals surface area contributed by atoms with E-state index in [1.54, 1.807) is 12.1 Å². The fourth-order valence-corrected chi connectivity index (χ4v) is 3.03. The third-order valence-corrected chi connectivity index (χ3v) is 4.25. The van der Waals surface area contributed by atoms with Crippen molar-refractivity contribution in [2.24, 2.45) is 0 Å². The highest BCUT2D eigenvalue weighted by Gasteiger charge is 2.17. The van der Waals surface area contributed by atoms with Gasteiger partial charge in [0.25, 0.3) is 0 Å². The van der Waals surface area contributed by atoms with Gasteiger partial charge in [0.15, 0.2) is 0 Å². The van der Waals surface area contributed by atoms with Gasteiger partial charge in [0.05, 0.1) is 0 Å². The molecule has 0 amide bonds. The van der Waals surface area contributed by atoms with Gasteiger partial charge < -0.3 is 10.1 Å². The topological polar surface area (TPSA) is 24.5 Å². The first kappa shape index (κ1) is 16.6. The molecule has 0 saturated carbocycles. The quantitative estimate of drug-likeness (QED) is 0.801. The number of nitrogens with zero attached hydrogens (tertiary/aromatic N) is 1. The average Bonchev–Trinajstić information content (AvgIpc) is 2.95. The molecule has 1 heterocycles. The Bertz CT molecular complexity index is 453. The summed E-state index contributed by atoms with van der Waals surface area (Å²) in [7, 11) is 0. The monoisotopic (exact) mass is 362 g/mol. The minimum atomic E-state index is -2.80. The van der Waals surface area contributed by atoms with Crippen molar-refractivity contribution in [2.75, 3.05) is 19.6 Å². The van der Waals surface area contributed by atoms with Crippen molar-refractivity contribution in [3.8, 4) is 5.75 Å². The maximum absolute atomic E-state index is 12.4. The van der Waals surface area contributed by atoms with Crippen molar-refractivity contribution in [3.63, 3.8) is 0 Å². The molecule has 2 rings (SSSR count). The van der Waals surface area contributed by atoms with Crippen LogP contribution in [0.5, 0.6) is 5.75 Å². The highest BCUT2D eigenvalue weighted by Crippen LogP contribution is 2.24. The summed E-state index contributed by atoms with van der Waals surface area (Å²) in [5.41, 5.74) is 0.735. The number of nitrogens with one attached hydrogen (secondary N) is 1. The van der Waals surface area contributed by atoms with Crippen molar-refractivity contribution < 1.29 is 13.5 Å². The molecule has 1 aromatic rings. The Morgan fingerprint density at radius 2 is 2.05 bits per heavy atom. The number of benzene rings is 1. The Balaban J connectivity index is 1.87. The Hall–Kier alpha value is -0.720. The summed E-state index contributed by atoms with van der Waals surface area (Å²) in [5, 5.41) is 3.33. The maximum Gasteiger partial charge on any atom is 0.387 e. The molecule has 1 saturated heterocycles. The van der Waals surface area contributed by atoms with Crippen LogP contribution in [0.3, 0.4) is 0 Å². The zero-order valence-electron chi connectivity index (χ0n) is 12.1. The van der Waals surface area contributed by atoms with E-state index in [2.05, 4.69) is 37.8 Å².